The van der Waals surface area contributed by atoms with Crippen molar-refractivity contribution in [3.05, 3.63) is 90.1 Å². The van der Waals surface area contributed by atoms with Gasteiger partial charge in [-0.3, -0.25) is 20.0 Å². The molecular weight excluding hydrogens is 683 g/mol. The Bertz CT molecular complexity index is 1640. The van der Waals surface area contributed by atoms with Crippen LogP contribution in [-0.2, 0) is 36.8 Å². The second-order valence-electron chi connectivity index (χ2n) is 14.0. The summed E-state index contributed by atoms with van der Waals surface area (Å²) in [5, 5.41) is 17.6. The molecule has 0 radical (unpaired) electrons. The molecule has 0 spiro atoms. The number of benzene rings is 2. The smallest absolute Gasteiger partial charge is 0.443 e. The minimum Gasteiger partial charge on any atom is -0.443 e. The molecule has 3 heterocycles. The lowest BCUT2D eigenvalue weighted by atomic mass is 9.86. The van der Waals surface area contributed by atoms with Crippen LogP contribution in [0.25, 0.3) is 11.3 Å². The standard InChI is InChI=1S/C37H44F3N5O7/c1-36(2,3)31(43-34(48)37(38,39)40)32(47)44-45(20-24-12-14-25(15-13-24)27-11-7-8-17-41-27)21-29(46)28(19-23-9-5-4-6-10-23)42-35(49)52-30-22-51-33-26(30)16-18-50-33/h4-15,17,26,28-31,33,46H,16,18-22H2,1-3H3,(H,42,49)(H,43,48)(H,44,47)/t26-,28-,29-,30-,31?,33+/m0/s1. The van der Waals surface area contributed by atoms with Crippen LogP contribution in [0.5, 0.6) is 0 Å². The van der Waals surface area contributed by atoms with Crippen LogP contribution in [0.1, 0.15) is 38.3 Å². The second kappa shape index (κ2) is 16.8. The largest absolute Gasteiger partial charge is 0.471 e. The highest BCUT2D eigenvalue weighted by Crippen LogP contribution is 2.33. The first kappa shape index (κ1) is 38.7. The van der Waals surface area contributed by atoms with Crippen molar-refractivity contribution in [2.75, 3.05) is 19.8 Å². The van der Waals surface area contributed by atoms with E-state index < -0.39 is 60.1 Å². The van der Waals surface area contributed by atoms with Crippen LogP contribution < -0.4 is 16.1 Å². The number of nitrogens with one attached hydrogen (secondary N) is 3. The predicted octanol–water partition coefficient (Wildman–Crippen LogP) is 4.13. The summed E-state index contributed by atoms with van der Waals surface area (Å²) in [5.74, 6) is -3.29. The molecule has 280 valence electrons. The molecule has 3 amide bonds. The number of hydrazine groups is 1. The summed E-state index contributed by atoms with van der Waals surface area (Å²) in [7, 11) is 0. The van der Waals surface area contributed by atoms with Crippen LogP contribution in [-0.4, -0.2) is 89.5 Å². The van der Waals surface area contributed by atoms with Crippen LogP contribution >= 0.6 is 0 Å². The third-order valence-corrected chi connectivity index (χ3v) is 8.93. The van der Waals surface area contributed by atoms with Crippen molar-refractivity contribution in [3.63, 3.8) is 0 Å². The normalized spacial score (nSPS) is 20.4. The molecule has 0 saturated carbocycles. The van der Waals surface area contributed by atoms with Gasteiger partial charge in [-0.2, -0.15) is 13.2 Å². The van der Waals surface area contributed by atoms with Gasteiger partial charge in [-0.25, -0.2) is 9.80 Å². The summed E-state index contributed by atoms with van der Waals surface area (Å²) in [6.45, 7) is 4.95. The maximum Gasteiger partial charge on any atom is 0.471 e. The van der Waals surface area contributed by atoms with Crippen LogP contribution in [0, 0.1) is 11.3 Å². The van der Waals surface area contributed by atoms with E-state index in [2.05, 4.69) is 15.7 Å². The first-order chi connectivity index (χ1) is 24.7. The van der Waals surface area contributed by atoms with Gasteiger partial charge in [0.05, 0.1) is 37.0 Å². The summed E-state index contributed by atoms with van der Waals surface area (Å²) in [4.78, 5) is 43.2. The van der Waals surface area contributed by atoms with Crippen molar-refractivity contribution in [1.82, 2.24) is 26.1 Å². The number of aliphatic hydroxyl groups is 1. The third kappa shape index (κ3) is 10.5. The quantitative estimate of drug-likeness (QED) is 0.191. The van der Waals surface area contributed by atoms with Gasteiger partial charge in [0, 0.05) is 24.8 Å². The van der Waals surface area contributed by atoms with Gasteiger partial charge in [-0.05, 0) is 41.5 Å². The van der Waals surface area contributed by atoms with Gasteiger partial charge in [0.1, 0.15) is 12.1 Å². The Labute approximate surface area is 300 Å². The molecule has 2 fully saturated rings. The Morgan fingerprint density at radius 2 is 1.67 bits per heavy atom. The number of alkyl halides is 3. The molecule has 15 heteroatoms. The SMILES string of the molecule is CC(C)(C)C(NC(=O)C(F)(F)F)C(=O)NN(Cc1ccc(-c2ccccn2)cc1)C[C@H](O)[C@H](Cc1ccccc1)NC(=O)O[C@H]1CO[C@H]2OCC[C@H]21. The first-order valence-corrected chi connectivity index (χ1v) is 17.0. The Morgan fingerprint density at radius 1 is 0.962 bits per heavy atom. The molecule has 5 rings (SSSR count). The van der Waals surface area contributed by atoms with Crippen molar-refractivity contribution in [3.8, 4) is 11.3 Å². The summed E-state index contributed by atoms with van der Waals surface area (Å²) in [6, 6.07) is 19.4. The van der Waals surface area contributed by atoms with Crippen molar-refractivity contribution in [1.29, 1.82) is 0 Å². The van der Waals surface area contributed by atoms with Gasteiger partial charge >= 0.3 is 18.2 Å². The predicted molar refractivity (Wildman–Crippen MR) is 183 cm³/mol. The highest BCUT2D eigenvalue weighted by Gasteiger charge is 2.45. The van der Waals surface area contributed by atoms with Crippen molar-refractivity contribution in [2.24, 2.45) is 11.3 Å². The van der Waals surface area contributed by atoms with Gasteiger partial charge in [-0.1, -0.05) is 81.4 Å². The Hall–Kier alpha value is -4.57. The maximum atomic E-state index is 13.7. The van der Waals surface area contributed by atoms with E-state index in [9.17, 15) is 32.7 Å². The zero-order chi connectivity index (χ0) is 37.5. The van der Waals surface area contributed by atoms with Crippen molar-refractivity contribution < 1.29 is 46.9 Å². The molecule has 2 aliphatic heterocycles. The Morgan fingerprint density at radius 3 is 2.33 bits per heavy atom. The number of aromatic nitrogens is 1. The fourth-order valence-corrected chi connectivity index (χ4v) is 6.17. The second-order valence-corrected chi connectivity index (χ2v) is 14.0. The Kier molecular flexibility index (Phi) is 12.5. The average Bonchev–Trinajstić information content (AvgIpc) is 3.72. The molecule has 4 N–H and O–H groups in total. The van der Waals surface area contributed by atoms with E-state index in [4.69, 9.17) is 14.2 Å². The van der Waals surface area contributed by atoms with Gasteiger partial charge in [-0.15, -0.1) is 0 Å². The first-order valence-electron chi connectivity index (χ1n) is 17.0. The minimum absolute atomic E-state index is 0.000360. The number of fused-ring (bicyclic) bond motifs is 1. The number of hydrogen-bond acceptors (Lipinski definition) is 9. The fourth-order valence-electron chi connectivity index (χ4n) is 6.17. The fraction of sp³-hybridized carbons (Fsp3) is 0.459. The molecule has 3 aromatic rings. The number of rotatable bonds is 13. The lowest BCUT2D eigenvalue weighted by molar-refractivity contribution is -0.175. The minimum atomic E-state index is -5.21. The van der Waals surface area contributed by atoms with Crippen LogP contribution in [0.4, 0.5) is 18.0 Å². The van der Waals surface area contributed by atoms with E-state index >= 15 is 0 Å². The molecule has 1 aromatic heterocycles. The molecule has 2 aliphatic rings. The summed E-state index contributed by atoms with van der Waals surface area (Å²) in [6.07, 6.45) is -5.76. The van der Waals surface area contributed by atoms with E-state index in [1.807, 2.05) is 59.9 Å². The summed E-state index contributed by atoms with van der Waals surface area (Å²) >= 11 is 0. The van der Waals surface area contributed by atoms with E-state index in [1.165, 1.54) is 25.8 Å². The summed E-state index contributed by atoms with van der Waals surface area (Å²) in [5.41, 5.74) is 4.54. The highest BCUT2D eigenvalue weighted by atomic mass is 19.4. The van der Waals surface area contributed by atoms with Crippen molar-refractivity contribution in [2.45, 2.75) is 76.9 Å². The number of halogens is 3. The van der Waals surface area contributed by atoms with E-state index in [0.717, 1.165) is 16.8 Å². The van der Waals surface area contributed by atoms with Crippen LogP contribution in [0.15, 0.2) is 79.0 Å². The number of nitrogens with zero attached hydrogens (tertiary/aromatic N) is 2. The number of ether oxygens (including phenoxy) is 3. The molecule has 0 bridgehead atoms. The van der Waals surface area contributed by atoms with Crippen LogP contribution in [0.3, 0.4) is 0 Å². The van der Waals surface area contributed by atoms with Gasteiger partial charge in [0.2, 0.25) is 0 Å². The number of carbonyl (C=O) groups is 3. The van der Waals surface area contributed by atoms with E-state index in [-0.39, 0.29) is 32.0 Å². The van der Waals surface area contributed by atoms with Gasteiger partial charge < -0.3 is 30.0 Å². The molecule has 2 saturated heterocycles. The molecule has 52 heavy (non-hydrogen) atoms. The maximum absolute atomic E-state index is 13.7. The molecule has 1 unspecified atom stereocenters. The summed E-state index contributed by atoms with van der Waals surface area (Å²) < 4.78 is 56.6. The number of alkyl carbamates (subject to hydrolysis) is 1. The molecule has 12 nitrogen and oxygen atoms in total. The van der Waals surface area contributed by atoms with Gasteiger partial charge in [0.15, 0.2) is 6.29 Å². The monoisotopic (exact) mass is 727 g/mol. The van der Waals surface area contributed by atoms with Crippen LogP contribution in [0.2, 0.25) is 0 Å². The molecule has 6 atom stereocenters. The average molecular weight is 728 g/mol. The zero-order valence-corrected chi connectivity index (χ0v) is 29.1. The number of aliphatic hydroxyl groups excluding tert-OH is 1. The third-order valence-electron chi connectivity index (χ3n) is 8.93. The highest BCUT2D eigenvalue weighted by molar-refractivity contribution is 5.90. The number of hydrogen-bond donors (Lipinski definition) is 4. The lowest BCUT2D eigenvalue weighted by Crippen LogP contribution is -2.60. The molecule has 0 aliphatic carbocycles. The zero-order valence-electron chi connectivity index (χ0n) is 29.1. The Balaban J connectivity index is 1.37. The van der Waals surface area contributed by atoms with Gasteiger partial charge in [0.25, 0.3) is 5.91 Å². The number of pyridine rings is 1. The van der Waals surface area contributed by atoms with Crippen molar-refractivity contribution >= 4 is 17.9 Å². The lowest BCUT2D eigenvalue weighted by Gasteiger charge is -2.35. The number of carbonyl (C=O) groups excluding carboxylic acids is 3. The number of amides is 3. The van der Waals surface area contributed by atoms with E-state index in [1.54, 1.807) is 24.4 Å². The molecule has 2 aromatic carbocycles. The topological polar surface area (TPSA) is 151 Å². The molecular formula is C37H44F3N5O7. The van der Waals surface area contributed by atoms with E-state index in [0.29, 0.717) is 18.6 Å².